The number of ether oxygens (including phenoxy) is 1. The van der Waals surface area contributed by atoms with Crippen LogP contribution in [0.5, 0.6) is 0 Å². The molecule has 228 valence electrons. The van der Waals surface area contributed by atoms with Gasteiger partial charge < -0.3 is 4.74 Å². The summed E-state index contributed by atoms with van der Waals surface area (Å²) < 4.78 is 5.54. The third kappa shape index (κ3) is 3.90. The molecule has 0 N–H and O–H groups in total. The van der Waals surface area contributed by atoms with Gasteiger partial charge in [0.2, 0.25) is 0 Å². The van der Waals surface area contributed by atoms with Crippen LogP contribution in [0.3, 0.4) is 0 Å². The highest BCUT2D eigenvalue weighted by Crippen LogP contribution is 2.77. The van der Waals surface area contributed by atoms with Crippen LogP contribution in [0.4, 0.5) is 0 Å². The molecular formula is C38H51ClO3. The van der Waals surface area contributed by atoms with Crippen molar-refractivity contribution < 1.29 is 14.3 Å². The molecule has 5 saturated carbocycles. The number of ketones is 1. The van der Waals surface area contributed by atoms with Crippen LogP contribution < -0.4 is 0 Å². The molecular weight excluding hydrogens is 540 g/mol. The van der Waals surface area contributed by atoms with E-state index in [1.807, 2.05) is 24.3 Å². The van der Waals surface area contributed by atoms with Crippen molar-refractivity contribution in [2.24, 2.45) is 56.7 Å². The molecule has 0 saturated heterocycles. The second kappa shape index (κ2) is 9.82. The lowest BCUT2D eigenvalue weighted by Gasteiger charge is -2.72. The maximum Gasteiger partial charge on any atom is 0.312 e. The number of carbonyl (C=O) groups excluding carboxylic acids is 2. The Hall–Kier alpha value is -1.87. The number of halogens is 1. The van der Waals surface area contributed by atoms with Crippen molar-refractivity contribution in [3.8, 4) is 0 Å². The van der Waals surface area contributed by atoms with Crippen molar-refractivity contribution in [1.82, 2.24) is 0 Å². The van der Waals surface area contributed by atoms with Gasteiger partial charge in [-0.05, 0) is 140 Å². The van der Waals surface area contributed by atoms with Gasteiger partial charge in [-0.1, -0.05) is 70.5 Å². The summed E-state index contributed by atoms with van der Waals surface area (Å²) in [7, 11) is 1.58. The Balaban J connectivity index is 1.41. The Morgan fingerprint density at radius 2 is 1.62 bits per heavy atom. The average molecular weight is 591 g/mol. The summed E-state index contributed by atoms with van der Waals surface area (Å²) in [6.45, 7) is 18.8. The lowest BCUT2D eigenvalue weighted by atomic mass is 9.32. The topological polar surface area (TPSA) is 43.4 Å². The fourth-order valence-corrected chi connectivity index (χ4v) is 12.6. The number of methoxy groups -OCH3 is 1. The summed E-state index contributed by atoms with van der Waals surface area (Å²) >= 11 is 6.18. The second-order valence-corrected chi connectivity index (χ2v) is 16.7. The van der Waals surface area contributed by atoms with Crippen LogP contribution in [0.1, 0.15) is 105 Å². The van der Waals surface area contributed by atoms with Crippen molar-refractivity contribution in [2.75, 3.05) is 7.11 Å². The van der Waals surface area contributed by atoms with Gasteiger partial charge in [0.15, 0.2) is 5.78 Å². The summed E-state index contributed by atoms with van der Waals surface area (Å²) in [5.41, 5.74) is 2.83. The molecule has 0 amide bonds. The molecule has 5 aliphatic carbocycles. The van der Waals surface area contributed by atoms with Gasteiger partial charge in [-0.15, -0.1) is 0 Å². The van der Waals surface area contributed by atoms with E-state index < -0.39 is 5.41 Å². The Kier molecular flexibility index (Phi) is 7.05. The predicted octanol–water partition coefficient (Wildman–Crippen LogP) is 9.73. The predicted molar refractivity (Wildman–Crippen MR) is 171 cm³/mol. The minimum Gasteiger partial charge on any atom is -0.469 e. The number of Topliss-reactive ketones (excluding diaryl/α,β-unsaturated/α-hetero) is 1. The van der Waals surface area contributed by atoms with Crippen LogP contribution in [0.15, 0.2) is 42.0 Å². The van der Waals surface area contributed by atoms with E-state index in [-0.39, 0.29) is 27.6 Å². The van der Waals surface area contributed by atoms with Gasteiger partial charge >= 0.3 is 5.97 Å². The molecule has 6 rings (SSSR count). The lowest BCUT2D eigenvalue weighted by molar-refractivity contribution is -0.232. The standard InChI is InChI=1S/C38H51ClO3/c1-23(2)27-15-18-38(33(41)42-8)20-19-36(6)28(31(27)38)13-14-30-35(5)22-25(21-24-9-11-26(39)12-10-24)32(40)34(3,4)29(35)16-17-37(30,36)7/h9-12,21,27-31H,1,13-20,22H2,2-8H3/b25-21-/t27-,28+,29-,30+,31+,35-,36+,37+,38-/m0/s1. The molecule has 5 aliphatic rings. The van der Waals surface area contributed by atoms with Crippen LogP contribution in [0.2, 0.25) is 5.02 Å². The number of hydrogen-bond acceptors (Lipinski definition) is 3. The first kappa shape index (κ1) is 30.2. The average Bonchev–Trinajstić information content (AvgIpc) is 3.34. The molecule has 0 aromatic heterocycles. The summed E-state index contributed by atoms with van der Waals surface area (Å²) in [5, 5.41) is 0.715. The summed E-state index contributed by atoms with van der Waals surface area (Å²) in [5.74, 6) is 2.42. The summed E-state index contributed by atoms with van der Waals surface area (Å²) in [6, 6.07) is 7.87. The van der Waals surface area contributed by atoms with E-state index in [1.54, 1.807) is 7.11 Å². The molecule has 42 heavy (non-hydrogen) atoms. The molecule has 4 heteroatoms. The minimum absolute atomic E-state index is 0.0192. The fourth-order valence-electron chi connectivity index (χ4n) is 12.4. The van der Waals surface area contributed by atoms with E-state index in [9.17, 15) is 9.59 Å². The van der Waals surface area contributed by atoms with E-state index in [0.29, 0.717) is 40.4 Å². The van der Waals surface area contributed by atoms with E-state index in [0.717, 1.165) is 62.5 Å². The Labute approximate surface area is 258 Å². The monoisotopic (exact) mass is 590 g/mol. The quantitative estimate of drug-likeness (QED) is 0.200. The van der Waals surface area contributed by atoms with Crippen LogP contribution in [-0.2, 0) is 14.3 Å². The Morgan fingerprint density at radius 1 is 0.929 bits per heavy atom. The van der Waals surface area contributed by atoms with Gasteiger partial charge in [0.05, 0.1) is 12.5 Å². The first-order chi connectivity index (χ1) is 19.7. The zero-order valence-electron chi connectivity index (χ0n) is 26.9. The smallest absolute Gasteiger partial charge is 0.312 e. The number of fused-ring (bicyclic) bond motifs is 7. The minimum atomic E-state index is -0.395. The van der Waals surface area contributed by atoms with Crippen molar-refractivity contribution in [2.45, 2.75) is 99.3 Å². The molecule has 0 bridgehead atoms. The number of carbonyl (C=O) groups is 2. The summed E-state index contributed by atoms with van der Waals surface area (Å²) in [4.78, 5) is 27.6. The van der Waals surface area contributed by atoms with E-state index in [1.165, 1.54) is 12.0 Å². The van der Waals surface area contributed by atoms with E-state index in [4.69, 9.17) is 16.3 Å². The van der Waals surface area contributed by atoms with Crippen molar-refractivity contribution >= 4 is 29.4 Å². The lowest BCUT2D eigenvalue weighted by Crippen LogP contribution is -2.67. The Morgan fingerprint density at radius 3 is 2.26 bits per heavy atom. The van der Waals surface area contributed by atoms with Crippen molar-refractivity contribution in [3.05, 3.63) is 52.6 Å². The number of rotatable bonds is 3. The second-order valence-electron chi connectivity index (χ2n) is 16.3. The van der Waals surface area contributed by atoms with Crippen LogP contribution in [-0.4, -0.2) is 18.9 Å². The number of esters is 1. The van der Waals surface area contributed by atoms with Gasteiger partial charge in [-0.25, -0.2) is 0 Å². The van der Waals surface area contributed by atoms with Gasteiger partial charge in [0, 0.05) is 10.4 Å². The van der Waals surface area contributed by atoms with E-state index >= 15 is 0 Å². The third-order valence-electron chi connectivity index (χ3n) is 14.5. The Bertz CT molecular complexity index is 1340. The first-order valence-corrected chi connectivity index (χ1v) is 16.8. The molecule has 0 heterocycles. The largest absolute Gasteiger partial charge is 0.469 e. The molecule has 0 spiro atoms. The number of benzene rings is 1. The van der Waals surface area contributed by atoms with Gasteiger partial charge in [-0.2, -0.15) is 0 Å². The SMILES string of the molecule is C=C(C)[C@@H]1CC[C@]2(C(=O)OC)CC[C@]3(C)[C@H](CC[C@@H]4[C@@]5(C)C/C(=C/c6ccc(Cl)cc6)C(=O)C(C)(C)[C@@H]5CC[C@]43C)[C@@H]12. The zero-order valence-corrected chi connectivity index (χ0v) is 27.7. The highest BCUT2D eigenvalue weighted by Gasteiger charge is 2.72. The number of hydrogen-bond donors (Lipinski definition) is 0. The van der Waals surface area contributed by atoms with Crippen LogP contribution >= 0.6 is 11.6 Å². The molecule has 1 aromatic carbocycles. The van der Waals surface area contributed by atoms with Gasteiger partial charge in [-0.3, -0.25) is 9.59 Å². The maximum atomic E-state index is 14.1. The van der Waals surface area contributed by atoms with E-state index in [2.05, 4.69) is 54.2 Å². The molecule has 0 unspecified atom stereocenters. The van der Waals surface area contributed by atoms with Crippen LogP contribution in [0.25, 0.3) is 6.08 Å². The maximum absolute atomic E-state index is 14.1. The fraction of sp³-hybridized carbons (Fsp3) is 0.684. The van der Waals surface area contributed by atoms with Crippen LogP contribution in [0, 0.1) is 56.7 Å². The highest BCUT2D eigenvalue weighted by molar-refractivity contribution is 6.30. The molecule has 1 aromatic rings. The molecule has 0 radical (unpaired) electrons. The first-order valence-electron chi connectivity index (χ1n) is 16.4. The molecule has 9 atom stereocenters. The van der Waals surface area contributed by atoms with Crippen molar-refractivity contribution in [3.63, 3.8) is 0 Å². The molecule has 0 aliphatic heterocycles. The zero-order chi connectivity index (χ0) is 30.5. The molecule has 3 nitrogen and oxygen atoms in total. The normalized spacial score (nSPS) is 44.9. The highest BCUT2D eigenvalue weighted by atomic mass is 35.5. The third-order valence-corrected chi connectivity index (χ3v) is 14.7. The van der Waals surface area contributed by atoms with Gasteiger partial charge in [0.25, 0.3) is 0 Å². The van der Waals surface area contributed by atoms with Crippen molar-refractivity contribution in [1.29, 1.82) is 0 Å². The number of allylic oxidation sites excluding steroid dienone is 2. The van der Waals surface area contributed by atoms with Gasteiger partial charge in [0.1, 0.15) is 0 Å². The molecule has 5 fully saturated rings. The summed E-state index contributed by atoms with van der Waals surface area (Å²) in [6.07, 6.45) is 11.5.